The Morgan fingerprint density at radius 3 is 2.80 bits per heavy atom. The lowest BCUT2D eigenvalue weighted by atomic mass is 9.97. The van der Waals surface area contributed by atoms with E-state index in [1.165, 1.54) is 6.92 Å². The molecule has 1 amide bonds. The molecule has 0 spiro atoms. The first kappa shape index (κ1) is 10.8. The predicted molar refractivity (Wildman–Crippen MR) is 47.4 cm³/mol. The molecule has 7 nitrogen and oxygen atoms in total. The van der Waals surface area contributed by atoms with Gasteiger partial charge in [-0.15, -0.1) is 0 Å². The van der Waals surface area contributed by atoms with Crippen molar-refractivity contribution in [3.05, 3.63) is 0 Å². The second kappa shape index (κ2) is 3.39. The van der Waals surface area contributed by atoms with Crippen LogP contribution in [-0.4, -0.2) is 58.0 Å². The Morgan fingerprint density at radius 1 is 1.60 bits per heavy atom. The number of amides is 1. The van der Waals surface area contributed by atoms with Crippen LogP contribution in [0.3, 0.4) is 0 Å². The molecule has 0 unspecified atom stereocenters. The van der Waals surface area contributed by atoms with Crippen LogP contribution in [0.1, 0.15) is 6.92 Å². The number of ether oxygens (including phenoxy) is 1. The van der Waals surface area contributed by atoms with E-state index < -0.39 is 30.2 Å². The molecular weight excluding hydrogens is 204 g/mol. The van der Waals surface area contributed by atoms with Crippen molar-refractivity contribution in [1.82, 2.24) is 10.6 Å². The van der Waals surface area contributed by atoms with Crippen LogP contribution in [-0.2, 0) is 9.53 Å². The van der Waals surface area contributed by atoms with Crippen molar-refractivity contribution in [3.8, 4) is 0 Å². The van der Waals surface area contributed by atoms with Gasteiger partial charge in [0.1, 0.15) is 24.5 Å². The van der Waals surface area contributed by atoms with E-state index >= 15 is 0 Å². The lowest BCUT2D eigenvalue weighted by molar-refractivity contribution is -0.165. The average molecular weight is 218 g/mol. The number of aliphatic hydroxyl groups is 3. The van der Waals surface area contributed by atoms with Crippen LogP contribution in [0, 0.1) is 0 Å². The summed E-state index contributed by atoms with van der Waals surface area (Å²) >= 11 is 0. The van der Waals surface area contributed by atoms with Gasteiger partial charge < -0.3 is 25.4 Å². The van der Waals surface area contributed by atoms with E-state index in [1.807, 2.05) is 0 Å². The molecular formula is C8H14N2O5. The second-order valence-corrected chi connectivity index (χ2v) is 3.87. The topological polar surface area (TPSA) is 121 Å². The Labute approximate surface area is 86.0 Å². The van der Waals surface area contributed by atoms with Gasteiger partial charge in [-0.3, -0.25) is 10.1 Å². The minimum absolute atomic E-state index is 0.331. The highest BCUT2D eigenvalue weighted by Crippen LogP contribution is 2.37. The first-order chi connectivity index (χ1) is 7.01. The molecule has 0 radical (unpaired) electrons. The Hall–Kier alpha value is -0.730. The third-order valence-electron chi connectivity index (χ3n) is 2.74. The maximum Gasteiger partial charge on any atom is 0.218 e. The number of carbonyl (C=O) groups is 1. The highest BCUT2D eigenvalue weighted by molar-refractivity contribution is 5.74. The van der Waals surface area contributed by atoms with Crippen molar-refractivity contribution < 1.29 is 24.9 Å². The van der Waals surface area contributed by atoms with Crippen LogP contribution in [0.2, 0.25) is 0 Å². The normalized spacial score (nSPS) is 48.3. The number of aliphatic hydroxyl groups excluding tert-OH is 3. The summed E-state index contributed by atoms with van der Waals surface area (Å²) in [6.45, 7) is 0.926. The highest BCUT2D eigenvalue weighted by Gasteiger charge is 2.67. The number of nitrogens with one attached hydrogen (secondary N) is 2. The van der Waals surface area contributed by atoms with Gasteiger partial charge >= 0.3 is 0 Å². The number of rotatable bonds is 2. The monoisotopic (exact) mass is 218 g/mol. The first-order valence-electron chi connectivity index (χ1n) is 4.70. The average Bonchev–Trinajstić information content (AvgIpc) is 2.85. The number of carbonyl (C=O) groups excluding carboxylic acids is 1. The van der Waals surface area contributed by atoms with Crippen molar-refractivity contribution in [3.63, 3.8) is 0 Å². The van der Waals surface area contributed by atoms with E-state index in [0.717, 1.165) is 0 Å². The zero-order chi connectivity index (χ0) is 11.2. The summed E-state index contributed by atoms with van der Waals surface area (Å²) in [5.41, 5.74) is -1.10. The number of hydrogen-bond donors (Lipinski definition) is 5. The molecule has 0 aromatic rings. The molecule has 5 N–H and O–H groups in total. The van der Waals surface area contributed by atoms with Crippen LogP contribution in [0.4, 0.5) is 0 Å². The summed E-state index contributed by atoms with van der Waals surface area (Å²) in [5.74, 6) is -0.331. The Bertz CT molecular complexity index is 286. The molecule has 2 aliphatic rings. The summed E-state index contributed by atoms with van der Waals surface area (Å²) in [4.78, 5) is 10.9. The molecule has 0 aliphatic carbocycles. The van der Waals surface area contributed by atoms with Gasteiger partial charge in [0.05, 0.1) is 6.61 Å². The van der Waals surface area contributed by atoms with Gasteiger partial charge in [0.2, 0.25) is 5.91 Å². The van der Waals surface area contributed by atoms with Gasteiger partial charge in [0.15, 0.2) is 5.66 Å². The van der Waals surface area contributed by atoms with Crippen LogP contribution >= 0.6 is 0 Å². The predicted octanol–water partition coefficient (Wildman–Crippen LogP) is -3.14. The third-order valence-corrected chi connectivity index (χ3v) is 2.74. The van der Waals surface area contributed by atoms with Crippen molar-refractivity contribution in [2.45, 2.75) is 37.1 Å². The van der Waals surface area contributed by atoms with Crippen molar-refractivity contribution >= 4 is 5.91 Å². The summed E-state index contributed by atoms with van der Waals surface area (Å²) in [5, 5.41) is 33.5. The molecule has 2 heterocycles. The van der Waals surface area contributed by atoms with Gasteiger partial charge in [-0.2, -0.15) is 0 Å². The lowest BCUT2D eigenvalue weighted by Crippen LogP contribution is -2.61. The fourth-order valence-corrected chi connectivity index (χ4v) is 1.90. The van der Waals surface area contributed by atoms with Crippen molar-refractivity contribution in [1.29, 1.82) is 0 Å². The molecule has 0 bridgehead atoms. The summed E-state index contributed by atoms with van der Waals surface area (Å²) in [6.07, 6.45) is -3.82. The molecule has 0 saturated carbocycles. The molecule has 0 aromatic carbocycles. The fraction of sp³-hybridized carbons (Fsp3) is 0.875. The second-order valence-electron chi connectivity index (χ2n) is 3.87. The van der Waals surface area contributed by atoms with Crippen LogP contribution in [0.15, 0.2) is 0 Å². The van der Waals surface area contributed by atoms with E-state index in [4.69, 9.17) is 9.84 Å². The Morgan fingerprint density at radius 2 is 2.27 bits per heavy atom. The lowest BCUT2D eigenvalue weighted by Gasteiger charge is -2.35. The van der Waals surface area contributed by atoms with Crippen LogP contribution < -0.4 is 10.6 Å². The molecule has 7 heteroatoms. The molecule has 2 rings (SSSR count). The first-order valence-corrected chi connectivity index (χ1v) is 4.70. The minimum Gasteiger partial charge on any atom is -0.394 e. The molecule has 2 aliphatic heterocycles. The standard InChI is InChI=1S/C8H14N2O5/c1-3(12)9-8-6(14)5(13)4(2-11)15-7(8)10-8/h4-7,10-11,13-14H,2H2,1H3,(H,9,12)/t4-,5-,6+,7-,8-/m1/s1. The highest BCUT2D eigenvalue weighted by atomic mass is 16.6. The maximum absolute atomic E-state index is 10.9. The summed E-state index contributed by atoms with van der Waals surface area (Å²) < 4.78 is 5.21. The molecule has 0 aromatic heterocycles. The Balaban J connectivity index is 2.11. The minimum atomic E-state index is -1.23. The fourth-order valence-electron chi connectivity index (χ4n) is 1.90. The molecule has 2 saturated heterocycles. The van der Waals surface area contributed by atoms with E-state index in [-0.39, 0.29) is 12.5 Å². The Kier molecular flexibility index (Phi) is 2.44. The van der Waals surface area contributed by atoms with E-state index in [2.05, 4.69) is 10.6 Å². The third kappa shape index (κ3) is 1.52. The van der Waals surface area contributed by atoms with Gasteiger partial charge in [0.25, 0.3) is 0 Å². The van der Waals surface area contributed by atoms with E-state index in [0.29, 0.717) is 0 Å². The zero-order valence-corrected chi connectivity index (χ0v) is 8.17. The SMILES string of the molecule is CC(=O)N[C@]12N[C@@H]1O[C@H](CO)[C@@H](O)[C@@H]2O. The van der Waals surface area contributed by atoms with Crippen LogP contribution in [0.5, 0.6) is 0 Å². The molecule has 2 fully saturated rings. The largest absolute Gasteiger partial charge is 0.394 e. The van der Waals surface area contributed by atoms with Gasteiger partial charge in [-0.1, -0.05) is 0 Å². The zero-order valence-electron chi connectivity index (χ0n) is 8.17. The quantitative estimate of drug-likeness (QED) is 0.312. The van der Waals surface area contributed by atoms with E-state index in [9.17, 15) is 15.0 Å². The van der Waals surface area contributed by atoms with Crippen molar-refractivity contribution in [2.75, 3.05) is 6.61 Å². The van der Waals surface area contributed by atoms with E-state index in [1.54, 1.807) is 0 Å². The van der Waals surface area contributed by atoms with Gasteiger partial charge in [0, 0.05) is 6.92 Å². The van der Waals surface area contributed by atoms with Crippen LogP contribution in [0.25, 0.3) is 0 Å². The molecule has 15 heavy (non-hydrogen) atoms. The molecule has 5 atom stereocenters. The number of fused-ring (bicyclic) bond motifs is 1. The summed E-state index contributed by atoms with van der Waals surface area (Å²) in [7, 11) is 0. The smallest absolute Gasteiger partial charge is 0.218 e. The van der Waals surface area contributed by atoms with Crippen molar-refractivity contribution in [2.24, 2.45) is 0 Å². The number of hydrogen-bond acceptors (Lipinski definition) is 6. The van der Waals surface area contributed by atoms with Gasteiger partial charge in [-0.25, -0.2) is 0 Å². The van der Waals surface area contributed by atoms with Gasteiger partial charge in [-0.05, 0) is 0 Å². The maximum atomic E-state index is 10.9. The molecule has 86 valence electrons. The summed E-state index contributed by atoms with van der Waals surface area (Å²) in [6, 6.07) is 0.